The summed E-state index contributed by atoms with van der Waals surface area (Å²) in [5.74, 6) is -2.94. The summed E-state index contributed by atoms with van der Waals surface area (Å²) < 4.78 is 34.6. The Kier molecular flexibility index (Phi) is 6.35. The molecule has 2 rings (SSSR count). The number of esters is 1. The van der Waals surface area contributed by atoms with Crippen LogP contribution in [0.3, 0.4) is 0 Å². The van der Waals surface area contributed by atoms with E-state index in [2.05, 4.69) is 4.74 Å². The molecule has 0 aliphatic heterocycles. The minimum absolute atomic E-state index is 0.0292. The van der Waals surface area contributed by atoms with Gasteiger partial charge in [0.05, 0.1) is 26.6 Å². The van der Waals surface area contributed by atoms with Gasteiger partial charge in [-0.15, -0.1) is 0 Å². The minimum atomic E-state index is -1.07. The molecule has 1 N–H and O–H groups in total. The van der Waals surface area contributed by atoms with Crippen LogP contribution in [0.5, 0.6) is 11.5 Å². The van der Waals surface area contributed by atoms with E-state index in [1.54, 1.807) is 0 Å². The molecule has 1 atom stereocenters. The smallest absolute Gasteiger partial charge is 0.306 e. The Morgan fingerprint density at radius 1 is 1.27 bits per heavy atom. The van der Waals surface area contributed by atoms with Crippen molar-refractivity contribution < 1.29 is 32.9 Å². The molecule has 0 saturated carbocycles. The second kappa shape index (κ2) is 8.48. The number of hydrogen-bond donors (Lipinski definition) is 1. The molecule has 26 heavy (non-hydrogen) atoms. The van der Waals surface area contributed by atoms with Crippen molar-refractivity contribution in [3.8, 4) is 11.5 Å². The highest BCUT2D eigenvalue weighted by molar-refractivity contribution is 5.71. The van der Waals surface area contributed by atoms with Crippen molar-refractivity contribution in [1.82, 2.24) is 0 Å². The van der Waals surface area contributed by atoms with Crippen LogP contribution in [0.25, 0.3) is 0 Å². The maximum atomic E-state index is 14.5. The number of ether oxygens (including phenoxy) is 3. The fourth-order valence-corrected chi connectivity index (χ4v) is 2.52. The number of methoxy groups -OCH3 is 3. The molecule has 0 radical (unpaired) electrons. The molecule has 2 aromatic rings. The number of carbonyl (C=O) groups is 1. The van der Waals surface area contributed by atoms with E-state index in [9.17, 15) is 19.1 Å². The molecule has 0 saturated heterocycles. The maximum Gasteiger partial charge on any atom is 0.306 e. The lowest BCUT2D eigenvalue weighted by Gasteiger charge is -2.18. The highest BCUT2D eigenvalue weighted by Crippen LogP contribution is 2.35. The van der Waals surface area contributed by atoms with E-state index >= 15 is 0 Å². The van der Waals surface area contributed by atoms with E-state index in [-0.39, 0.29) is 35.9 Å². The summed E-state index contributed by atoms with van der Waals surface area (Å²) in [7, 11) is 3.97. The Hall–Kier alpha value is -2.87. The maximum absolute atomic E-state index is 14.5. The molecule has 0 amide bonds. The molecule has 1 heterocycles. The van der Waals surface area contributed by atoms with Gasteiger partial charge in [0, 0.05) is 19.2 Å². The van der Waals surface area contributed by atoms with Gasteiger partial charge in [-0.25, -0.2) is 4.39 Å². The Bertz CT molecular complexity index is 844. The zero-order valence-electron chi connectivity index (χ0n) is 14.6. The predicted molar refractivity (Wildman–Crippen MR) is 88.8 cm³/mol. The van der Waals surface area contributed by atoms with Crippen LogP contribution >= 0.6 is 0 Å². The molecule has 140 valence electrons. The van der Waals surface area contributed by atoms with E-state index in [0.29, 0.717) is 0 Å². The summed E-state index contributed by atoms with van der Waals surface area (Å²) >= 11 is 0. The Labute approximate surface area is 148 Å². The normalized spacial score (nSPS) is 11.8. The van der Waals surface area contributed by atoms with Gasteiger partial charge in [0.25, 0.3) is 0 Å². The second-order valence-corrected chi connectivity index (χ2v) is 5.44. The fraction of sp³-hybridized carbons (Fsp3) is 0.333. The molecule has 0 spiro atoms. The number of halogens is 1. The van der Waals surface area contributed by atoms with E-state index in [1.807, 2.05) is 0 Å². The van der Waals surface area contributed by atoms with Crippen LogP contribution in [0.15, 0.2) is 33.5 Å². The zero-order valence-corrected chi connectivity index (χ0v) is 14.6. The highest BCUT2D eigenvalue weighted by atomic mass is 19.1. The molecular weight excluding hydrogens is 347 g/mol. The molecule has 0 fully saturated rings. The molecule has 0 aliphatic carbocycles. The van der Waals surface area contributed by atoms with E-state index in [1.165, 1.54) is 33.5 Å². The first-order valence-electron chi connectivity index (χ1n) is 7.66. The van der Waals surface area contributed by atoms with Crippen LogP contribution in [-0.2, 0) is 20.9 Å². The first kappa shape index (κ1) is 19.5. The third kappa shape index (κ3) is 4.20. The fourth-order valence-electron chi connectivity index (χ4n) is 2.52. The quantitative estimate of drug-likeness (QED) is 0.752. The van der Waals surface area contributed by atoms with Gasteiger partial charge in [0.15, 0.2) is 5.76 Å². The van der Waals surface area contributed by atoms with Crippen LogP contribution in [0, 0.1) is 5.82 Å². The van der Waals surface area contributed by atoms with Gasteiger partial charge in [-0.05, 0) is 11.6 Å². The molecule has 0 aliphatic rings. The molecule has 1 aromatic carbocycles. The van der Waals surface area contributed by atoms with E-state index < -0.39 is 28.9 Å². The summed E-state index contributed by atoms with van der Waals surface area (Å²) in [5, 5.41) is 10.2. The van der Waals surface area contributed by atoms with Crippen LogP contribution in [-0.4, -0.2) is 32.4 Å². The summed E-state index contributed by atoms with van der Waals surface area (Å²) in [4.78, 5) is 23.8. The Balaban J connectivity index is 2.62. The van der Waals surface area contributed by atoms with E-state index in [4.69, 9.17) is 13.9 Å². The summed E-state index contributed by atoms with van der Waals surface area (Å²) in [6.45, 7) is -0.0292. The van der Waals surface area contributed by atoms with Gasteiger partial charge >= 0.3 is 5.97 Å². The monoisotopic (exact) mass is 366 g/mol. The van der Waals surface area contributed by atoms with Crippen LogP contribution in [0.4, 0.5) is 4.39 Å². The van der Waals surface area contributed by atoms with Crippen molar-refractivity contribution in [2.45, 2.75) is 18.9 Å². The van der Waals surface area contributed by atoms with Crippen LogP contribution in [0.1, 0.15) is 29.4 Å². The first-order valence-corrected chi connectivity index (χ1v) is 7.66. The lowest BCUT2D eigenvalue weighted by atomic mass is 9.91. The summed E-state index contributed by atoms with van der Waals surface area (Å²) in [6, 6.07) is 5.09. The van der Waals surface area contributed by atoms with Crippen molar-refractivity contribution in [3.05, 3.63) is 57.4 Å². The number of aromatic hydroxyl groups is 1. The van der Waals surface area contributed by atoms with E-state index in [0.717, 1.165) is 12.1 Å². The number of benzene rings is 1. The third-order valence-electron chi connectivity index (χ3n) is 3.78. The van der Waals surface area contributed by atoms with Gasteiger partial charge in [-0.2, -0.15) is 0 Å². The molecule has 0 unspecified atom stereocenters. The standard InChI is InChI=1S/C18H19FO7/c1-23-9-11-7-15(20)17(22)18(26-11)13(8-16(21)25-3)12-5-4-10(24-2)6-14(12)19/h4-7,13,22H,8-9H2,1-3H3/t13-/m1/s1. The molecule has 1 aromatic heterocycles. The summed E-state index contributed by atoms with van der Waals surface area (Å²) in [5.41, 5.74) is -0.675. The van der Waals surface area contributed by atoms with Crippen molar-refractivity contribution in [2.24, 2.45) is 0 Å². The largest absolute Gasteiger partial charge is 0.502 e. The molecule has 7 nitrogen and oxygen atoms in total. The average molecular weight is 366 g/mol. The first-order chi connectivity index (χ1) is 12.4. The number of hydrogen-bond acceptors (Lipinski definition) is 7. The van der Waals surface area contributed by atoms with Gasteiger partial charge in [-0.1, -0.05) is 6.07 Å². The average Bonchev–Trinajstić information content (AvgIpc) is 2.63. The molecule has 0 bridgehead atoms. The highest BCUT2D eigenvalue weighted by Gasteiger charge is 2.29. The second-order valence-electron chi connectivity index (χ2n) is 5.44. The van der Waals surface area contributed by atoms with Gasteiger partial charge < -0.3 is 23.7 Å². The molecule has 8 heteroatoms. The van der Waals surface area contributed by atoms with Crippen LogP contribution in [0.2, 0.25) is 0 Å². The SMILES string of the molecule is COCc1cc(=O)c(O)c([C@H](CC(=O)OC)c2ccc(OC)cc2F)o1. The predicted octanol–water partition coefficient (Wildman–Crippen LogP) is 2.33. The summed E-state index contributed by atoms with van der Waals surface area (Å²) in [6.07, 6.45) is -0.341. The zero-order chi connectivity index (χ0) is 19.3. The topological polar surface area (TPSA) is 95.2 Å². The lowest BCUT2D eigenvalue weighted by Crippen LogP contribution is -2.15. The Morgan fingerprint density at radius 2 is 2.00 bits per heavy atom. The van der Waals surface area contributed by atoms with Gasteiger partial charge in [-0.3, -0.25) is 9.59 Å². The van der Waals surface area contributed by atoms with Gasteiger partial charge in [0.1, 0.15) is 23.9 Å². The number of rotatable bonds is 7. The van der Waals surface area contributed by atoms with Crippen LogP contribution < -0.4 is 10.2 Å². The minimum Gasteiger partial charge on any atom is -0.502 e. The Morgan fingerprint density at radius 3 is 2.58 bits per heavy atom. The molecular formula is C18H19FO7. The van der Waals surface area contributed by atoms with Crippen molar-refractivity contribution >= 4 is 5.97 Å². The lowest BCUT2D eigenvalue weighted by molar-refractivity contribution is -0.140. The van der Waals surface area contributed by atoms with Crippen molar-refractivity contribution in [3.63, 3.8) is 0 Å². The van der Waals surface area contributed by atoms with Crippen molar-refractivity contribution in [1.29, 1.82) is 0 Å². The van der Waals surface area contributed by atoms with Crippen molar-refractivity contribution in [2.75, 3.05) is 21.3 Å². The third-order valence-corrected chi connectivity index (χ3v) is 3.78. The number of carbonyl (C=O) groups excluding carboxylic acids is 1. The van der Waals surface area contributed by atoms with Gasteiger partial charge in [0.2, 0.25) is 11.2 Å².